The molecule has 0 aliphatic carbocycles. The number of benzene rings is 2. The SMILES string of the molecule is O=c1oc2c([N+](=O)[O-])cccc2cc1-c1nc(-c2ccc(Br)cc2)cs1. The Hall–Kier alpha value is -2.84. The molecule has 8 heteroatoms. The largest absolute Gasteiger partial charge is 0.415 e. The molecule has 4 rings (SSSR count). The lowest BCUT2D eigenvalue weighted by Gasteiger charge is -2.00. The molecule has 0 N–H and O–H groups in total. The van der Waals surface area contributed by atoms with E-state index in [-0.39, 0.29) is 16.8 Å². The zero-order chi connectivity index (χ0) is 18.3. The highest BCUT2D eigenvalue weighted by Gasteiger charge is 2.18. The Bertz CT molecular complexity index is 1200. The lowest BCUT2D eigenvalue weighted by atomic mass is 10.1. The number of hydrogen-bond acceptors (Lipinski definition) is 6. The van der Waals surface area contributed by atoms with E-state index in [0.29, 0.717) is 10.4 Å². The molecule has 2 heterocycles. The van der Waals surface area contributed by atoms with E-state index in [4.69, 9.17) is 4.42 Å². The van der Waals surface area contributed by atoms with Crippen molar-refractivity contribution in [1.82, 2.24) is 4.98 Å². The molecule has 0 atom stereocenters. The number of nitrogens with zero attached hydrogens (tertiary/aromatic N) is 2. The van der Waals surface area contributed by atoms with Gasteiger partial charge in [-0.3, -0.25) is 10.1 Å². The number of non-ortho nitro benzene ring substituents is 1. The first-order chi connectivity index (χ1) is 12.5. The smallest absolute Gasteiger partial charge is 0.346 e. The maximum Gasteiger partial charge on any atom is 0.346 e. The van der Waals surface area contributed by atoms with Gasteiger partial charge in [-0.05, 0) is 18.2 Å². The Labute approximate surface area is 159 Å². The highest BCUT2D eigenvalue weighted by Crippen LogP contribution is 2.31. The van der Waals surface area contributed by atoms with Crippen molar-refractivity contribution in [2.45, 2.75) is 0 Å². The number of fused-ring (bicyclic) bond motifs is 1. The number of nitro groups is 1. The van der Waals surface area contributed by atoms with E-state index in [9.17, 15) is 14.9 Å². The third kappa shape index (κ3) is 2.93. The third-order valence-corrected chi connectivity index (χ3v) is 5.21. The maximum absolute atomic E-state index is 12.4. The fourth-order valence-electron chi connectivity index (χ4n) is 2.57. The molecule has 2 aromatic carbocycles. The molecule has 0 unspecified atom stereocenters. The molecule has 0 aliphatic rings. The minimum atomic E-state index is -0.650. The van der Waals surface area contributed by atoms with Crippen LogP contribution in [0, 0.1) is 10.1 Å². The normalized spacial score (nSPS) is 11.0. The quantitative estimate of drug-likeness (QED) is 0.252. The van der Waals surface area contributed by atoms with Crippen molar-refractivity contribution in [3.8, 4) is 21.8 Å². The molecule has 0 fully saturated rings. The summed E-state index contributed by atoms with van der Waals surface area (Å²) in [5.41, 5.74) is 1.04. The van der Waals surface area contributed by atoms with E-state index in [1.165, 1.54) is 17.4 Å². The second kappa shape index (κ2) is 6.47. The highest BCUT2D eigenvalue weighted by atomic mass is 79.9. The van der Waals surface area contributed by atoms with Crippen LogP contribution in [0.4, 0.5) is 5.69 Å². The second-order valence-corrected chi connectivity index (χ2v) is 7.22. The number of rotatable bonds is 3. The van der Waals surface area contributed by atoms with E-state index in [2.05, 4.69) is 20.9 Å². The van der Waals surface area contributed by atoms with Gasteiger partial charge in [0.1, 0.15) is 5.01 Å². The second-order valence-electron chi connectivity index (χ2n) is 5.44. The van der Waals surface area contributed by atoms with Gasteiger partial charge in [0.25, 0.3) is 0 Å². The lowest BCUT2D eigenvalue weighted by molar-refractivity contribution is -0.383. The Balaban J connectivity index is 1.83. The van der Waals surface area contributed by atoms with Gasteiger partial charge in [0.05, 0.1) is 16.2 Å². The lowest BCUT2D eigenvalue weighted by Crippen LogP contribution is -2.03. The molecule has 2 aromatic heterocycles. The summed E-state index contributed by atoms with van der Waals surface area (Å²) in [4.78, 5) is 27.4. The van der Waals surface area contributed by atoms with Gasteiger partial charge in [-0.25, -0.2) is 9.78 Å². The van der Waals surface area contributed by atoms with Crippen molar-refractivity contribution < 1.29 is 9.34 Å². The Morgan fingerprint density at radius 1 is 1.15 bits per heavy atom. The molecule has 0 bridgehead atoms. The molecule has 0 saturated heterocycles. The van der Waals surface area contributed by atoms with Gasteiger partial charge in [-0.15, -0.1) is 11.3 Å². The minimum Gasteiger partial charge on any atom is -0.415 e. The molecule has 6 nitrogen and oxygen atoms in total. The number of halogens is 1. The first-order valence-electron chi connectivity index (χ1n) is 7.46. The van der Waals surface area contributed by atoms with Crippen LogP contribution >= 0.6 is 27.3 Å². The summed E-state index contributed by atoms with van der Waals surface area (Å²) in [5.74, 6) is 0. The van der Waals surface area contributed by atoms with Crippen LogP contribution in [0.1, 0.15) is 0 Å². The fourth-order valence-corrected chi connectivity index (χ4v) is 3.67. The van der Waals surface area contributed by atoms with Gasteiger partial charge >= 0.3 is 11.3 Å². The van der Waals surface area contributed by atoms with Crippen LogP contribution in [0.2, 0.25) is 0 Å². The summed E-state index contributed by atoms with van der Waals surface area (Å²) in [6.07, 6.45) is 0. The van der Waals surface area contributed by atoms with Crippen molar-refractivity contribution in [2.24, 2.45) is 0 Å². The molecule has 4 aromatic rings. The Morgan fingerprint density at radius 2 is 1.92 bits per heavy atom. The average molecular weight is 429 g/mol. The topological polar surface area (TPSA) is 86.2 Å². The zero-order valence-corrected chi connectivity index (χ0v) is 15.4. The maximum atomic E-state index is 12.4. The van der Waals surface area contributed by atoms with E-state index in [0.717, 1.165) is 15.7 Å². The van der Waals surface area contributed by atoms with Crippen LogP contribution < -0.4 is 5.63 Å². The summed E-state index contributed by atoms with van der Waals surface area (Å²) < 4.78 is 6.20. The number of hydrogen-bond donors (Lipinski definition) is 0. The van der Waals surface area contributed by atoms with E-state index in [1.54, 1.807) is 18.2 Å². The molecule has 0 spiro atoms. The van der Waals surface area contributed by atoms with Crippen LogP contribution in [0.15, 0.2) is 67.6 Å². The third-order valence-electron chi connectivity index (χ3n) is 3.81. The van der Waals surface area contributed by atoms with Crippen LogP contribution in [0.25, 0.3) is 32.8 Å². The molecular formula is C18H9BrN2O4S. The number of thiazole rings is 1. The first kappa shape index (κ1) is 16.6. The van der Waals surface area contributed by atoms with Crippen LogP contribution in [0.5, 0.6) is 0 Å². The van der Waals surface area contributed by atoms with Crippen LogP contribution in [-0.2, 0) is 0 Å². The van der Waals surface area contributed by atoms with E-state index < -0.39 is 10.5 Å². The number of para-hydroxylation sites is 1. The van der Waals surface area contributed by atoms with Crippen molar-refractivity contribution in [1.29, 1.82) is 0 Å². The highest BCUT2D eigenvalue weighted by molar-refractivity contribution is 9.10. The fraction of sp³-hybridized carbons (Fsp3) is 0. The average Bonchev–Trinajstić information content (AvgIpc) is 3.11. The number of nitro benzene ring substituents is 1. The van der Waals surface area contributed by atoms with Crippen molar-refractivity contribution in [3.63, 3.8) is 0 Å². The van der Waals surface area contributed by atoms with Crippen molar-refractivity contribution in [3.05, 3.63) is 78.9 Å². The molecule has 26 heavy (non-hydrogen) atoms. The minimum absolute atomic E-state index is 0.0315. The van der Waals surface area contributed by atoms with Crippen LogP contribution in [-0.4, -0.2) is 9.91 Å². The van der Waals surface area contributed by atoms with Gasteiger partial charge in [0.15, 0.2) is 0 Å². The summed E-state index contributed by atoms with van der Waals surface area (Å²) in [6, 6.07) is 13.8. The van der Waals surface area contributed by atoms with E-state index >= 15 is 0 Å². The van der Waals surface area contributed by atoms with E-state index in [1.807, 2.05) is 29.6 Å². The van der Waals surface area contributed by atoms with Crippen molar-refractivity contribution >= 4 is 43.9 Å². The molecule has 0 radical (unpaired) electrons. The molecule has 0 amide bonds. The number of aromatic nitrogens is 1. The van der Waals surface area contributed by atoms with Gasteiger partial charge in [-0.1, -0.05) is 40.2 Å². The Morgan fingerprint density at radius 3 is 2.65 bits per heavy atom. The van der Waals surface area contributed by atoms with Gasteiger partial charge in [0, 0.05) is 26.9 Å². The standard InChI is InChI=1S/C18H9BrN2O4S/c19-12-6-4-10(5-7-12)14-9-26-17(20-14)13-8-11-2-1-3-15(21(23)24)16(11)25-18(13)22/h1-9H. The predicted molar refractivity (Wildman–Crippen MR) is 103 cm³/mol. The van der Waals surface area contributed by atoms with Crippen LogP contribution in [0.3, 0.4) is 0 Å². The molecular weight excluding hydrogens is 420 g/mol. The predicted octanol–water partition coefficient (Wildman–Crippen LogP) is 5.25. The zero-order valence-electron chi connectivity index (χ0n) is 13.0. The molecule has 128 valence electrons. The summed E-state index contributed by atoms with van der Waals surface area (Å²) in [7, 11) is 0. The van der Waals surface area contributed by atoms with Gasteiger partial charge in [0.2, 0.25) is 5.58 Å². The molecule has 0 aliphatic heterocycles. The Kier molecular flexibility index (Phi) is 4.14. The monoisotopic (exact) mass is 428 g/mol. The summed E-state index contributed by atoms with van der Waals surface area (Å²) >= 11 is 4.71. The summed E-state index contributed by atoms with van der Waals surface area (Å²) in [6.45, 7) is 0. The van der Waals surface area contributed by atoms with Crippen molar-refractivity contribution in [2.75, 3.05) is 0 Å². The summed E-state index contributed by atoms with van der Waals surface area (Å²) in [5, 5.41) is 13.9. The first-order valence-corrected chi connectivity index (χ1v) is 9.13. The van der Waals surface area contributed by atoms with Gasteiger partial charge < -0.3 is 4.42 Å². The van der Waals surface area contributed by atoms with Gasteiger partial charge in [-0.2, -0.15) is 0 Å². The molecule has 0 saturated carbocycles.